The first-order valence-electron chi connectivity index (χ1n) is 8.53. The summed E-state index contributed by atoms with van der Waals surface area (Å²) in [6, 6.07) is 7.84. The summed E-state index contributed by atoms with van der Waals surface area (Å²) in [5, 5.41) is 12.3. The number of nitrogens with zero attached hydrogens (tertiary/aromatic N) is 1. The van der Waals surface area contributed by atoms with Gasteiger partial charge in [-0.25, -0.2) is 4.79 Å². The van der Waals surface area contributed by atoms with Crippen LogP contribution in [0.25, 0.3) is 0 Å². The maximum Gasteiger partial charge on any atom is 0.317 e. The minimum atomic E-state index is -0.821. The number of carboxylic acid groups (broad SMARTS) is 1. The fourth-order valence-electron chi connectivity index (χ4n) is 3.23. The van der Waals surface area contributed by atoms with E-state index in [4.69, 9.17) is 0 Å². The molecule has 2 atom stereocenters. The third-order valence-electron chi connectivity index (χ3n) is 4.57. The number of carboxylic acids is 1. The van der Waals surface area contributed by atoms with Gasteiger partial charge in [0.2, 0.25) is 0 Å². The van der Waals surface area contributed by atoms with E-state index in [0.717, 1.165) is 17.5 Å². The average molecular weight is 332 g/mol. The first-order valence-corrected chi connectivity index (χ1v) is 8.53. The predicted molar refractivity (Wildman–Crippen MR) is 93.8 cm³/mol. The molecule has 1 fully saturated rings. The molecular weight excluding hydrogens is 304 g/mol. The van der Waals surface area contributed by atoms with Crippen molar-refractivity contribution in [3.63, 3.8) is 0 Å². The van der Waals surface area contributed by atoms with E-state index in [2.05, 4.69) is 32.2 Å². The van der Waals surface area contributed by atoms with Crippen molar-refractivity contribution >= 4 is 12.0 Å². The van der Waals surface area contributed by atoms with Crippen LogP contribution in [0.3, 0.4) is 0 Å². The Morgan fingerprint density at radius 2 is 2.04 bits per heavy atom. The van der Waals surface area contributed by atoms with E-state index in [1.165, 1.54) is 0 Å². The zero-order valence-electron chi connectivity index (χ0n) is 15.0. The number of aliphatic carboxylic acids is 1. The van der Waals surface area contributed by atoms with Gasteiger partial charge in [0.05, 0.1) is 12.0 Å². The molecule has 2 N–H and O–H groups in total. The Morgan fingerprint density at radius 1 is 1.33 bits per heavy atom. The van der Waals surface area contributed by atoms with Gasteiger partial charge in [-0.3, -0.25) is 4.79 Å². The second kappa shape index (κ2) is 7.24. The molecule has 0 aromatic heterocycles. The molecule has 132 valence electrons. The van der Waals surface area contributed by atoms with Crippen LogP contribution in [0.4, 0.5) is 4.79 Å². The lowest BCUT2D eigenvalue weighted by atomic mass is 9.82. The number of benzene rings is 1. The van der Waals surface area contributed by atoms with Crippen molar-refractivity contribution in [1.29, 1.82) is 0 Å². The minimum Gasteiger partial charge on any atom is -0.481 e. The summed E-state index contributed by atoms with van der Waals surface area (Å²) in [5.74, 6) is -1.28. The van der Waals surface area contributed by atoms with Crippen molar-refractivity contribution in [2.75, 3.05) is 13.1 Å². The lowest BCUT2D eigenvalue weighted by Gasteiger charge is -2.36. The van der Waals surface area contributed by atoms with Crippen molar-refractivity contribution in [1.82, 2.24) is 10.2 Å². The van der Waals surface area contributed by atoms with Crippen LogP contribution in [0, 0.1) is 18.3 Å². The molecule has 1 heterocycles. The molecule has 24 heavy (non-hydrogen) atoms. The smallest absolute Gasteiger partial charge is 0.317 e. The van der Waals surface area contributed by atoms with Crippen molar-refractivity contribution < 1.29 is 14.7 Å². The van der Waals surface area contributed by atoms with E-state index in [1.807, 2.05) is 25.1 Å². The normalized spacial score (nSPS) is 19.7. The van der Waals surface area contributed by atoms with Gasteiger partial charge in [-0.2, -0.15) is 0 Å². The lowest BCUT2D eigenvalue weighted by Crippen LogP contribution is -2.49. The molecule has 5 nitrogen and oxygen atoms in total. The minimum absolute atomic E-state index is 0.130. The summed E-state index contributed by atoms with van der Waals surface area (Å²) >= 11 is 0. The van der Waals surface area contributed by atoms with Crippen LogP contribution >= 0.6 is 0 Å². The fraction of sp³-hybridized carbons (Fsp3) is 0.579. The third kappa shape index (κ3) is 4.49. The summed E-state index contributed by atoms with van der Waals surface area (Å²) in [7, 11) is 0. The van der Waals surface area contributed by atoms with Gasteiger partial charge in [0, 0.05) is 13.1 Å². The van der Waals surface area contributed by atoms with E-state index in [0.29, 0.717) is 13.0 Å². The second-order valence-electron chi connectivity index (χ2n) is 7.79. The molecule has 1 aromatic rings. The van der Waals surface area contributed by atoms with E-state index >= 15 is 0 Å². The van der Waals surface area contributed by atoms with Crippen LogP contribution in [0.1, 0.15) is 50.8 Å². The van der Waals surface area contributed by atoms with Gasteiger partial charge in [0.25, 0.3) is 0 Å². The van der Waals surface area contributed by atoms with Crippen molar-refractivity contribution in [3.8, 4) is 0 Å². The number of carbonyl (C=O) groups is 2. The van der Waals surface area contributed by atoms with Gasteiger partial charge < -0.3 is 15.3 Å². The van der Waals surface area contributed by atoms with E-state index in [9.17, 15) is 14.7 Å². The number of amides is 2. The molecule has 0 radical (unpaired) electrons. The Kier molecular flexibility index (Phi) is 5.52. The number of hydrogen-bond donors (Lipinski definition) is 2. The highest BCUT2D eigenvalue weighted by molar-refractivity contribution is 5.77. The first-order chi connectivity index (χ1) is 11.2. The Hall–Kier alpha value is -2.04. The molecule has 0 saturated carbocycles. The molecule has 0 aliphatic carbocycles. The maximum absolute atomic E-state index is 12.7. The number of urea groups is 1. The maximum atomic E-state index is 12.7. The summed E-state index contributed by atoms with van der Waals surface area (Å²) in [6.07, 6.45) is 1.37. The van der Waals surface area contributed by atoms with E-state index in [1.54, 1.807) is 4.90 Å². The number of nitrogens with one attached hydrogen (secondary N) is 1. The highest BCUT2D eigenvalue weighted by Gasteiger charge is 2.32. The zero-order chi connectivity index (χ0) is 17.9. The van der Waals surface area contributed by atoms with Crippen molar-refractivity contribution in [2.24, 2.45) is 11.3 Å². The summed E-state index contributed by atoms with van der Waals surface area (Å²) in [6.45, 7) is 9.21. The molecule has 2 unspecified atom stereocenters. The quantitative estimate of drug-likeness (QED) is 0.889. The third-order valence-corrected chi connectivity index (χ3v) is 4.57. The van der Waals surface area contributed by atoms with Gasteiger partial charge in [-0.15, -0.1) is 0 Å². The highest BCUT2D eigenvalue weighted by Crippen LogP contribution is 2.33. The van der Waals surface area contributed by atoms with Crippen LogP contribution in [-0.4, -0.2) is 35.1 Å². The predicted octanol–water partition coefficient (Wildman–Crippen LogP) is 3.59. The van der Waals surface area contributed by atoms with Crippen molar-refractivity contribution in [2.45, 2.75) is 46.6 Å². The number of likely N-dealkylation sites (tertiary alicyclic amines) is 1. The van der Waals surface area contributed by atoms with Crippen LogP contribution in [-0.2, 0) is 4.79 Å². The Labute approximate surface area is 144 Å². The number of carbonyl (C=O) groups excluding carboxylic acids is 1. The number of aryl methyl sites for hydroxylation is 1. The van der Waals surface area contributed by atoms with E-state index < -0.39 is 11.9 Å². The topological polar surface area (TPSA) is 69.6 Å². The molecule has 1 aliphatic rings. The average Bonchev–Trinajstić information content (AvgIpc) is 2.51. The molecule has 1 saturated heterocycles. The SMILES string of the molecule is Cc1cccc(C(NC(=O)N2CCCC(C(=O)O)C2)C(C)(C)C)c1. The molecule has 5 heteroatoms. The Balaban J connectivity index is 2.15. The molecule has 0 spiro atoms. The molecule has 1 aromatic carbocycles. The largest absolute Gasteiger partial charge is 0.481 e. The standard InChI is InChI=1S/C19H28N2O3/c1-13-7-5-8-14(11-13)16(19(2,3)4)20-18(24)21-10-6-9-15(12-21)17(22)23/h5,7-8,11,15-16H,6,9-10,12H2,1-4H3,(H,20,24)(H,22,23). The van der Waals surface area contributed by atoms with Gasteiger partial charge in [0.1, 0.15) is 0 Å². The van der Waals surface area contributed by atoms with Crippen LogP contribution in [0.5, 0.6) is 0 Å². The van der Waals surface area contributed by atoms with Gasteiger partial charge in [-0.1, -0.05) is 50.6 Å². The number of rotatable bonds is 3. The molecule has 0 bridgehead atoms. The fourth-order valence-corrected chi connectivity index (χ4v) is 3.23. The van der Waals surface area contributed by atoms with Crippen molar-refractivity contribution in [3.05, 3.63) is 35.4 Å². The zero-order valence-corrected chi connectivity index (χ0v) is 15.0. The van der Waals surface area contributed by atoms with Gasteiger partial charge in [0.15, 0.2) is 0 Å². The van der Waals surface area contributed by atoms with Gasteiger partial charge >= 0.3 is 12.0 Å². The number of piperidine rings is 1. The summed E-state index contributed by atoms with van der Waals surface area (Å²) in [5.41, 5.74) is 2.08. The van der Waals surface area contributed by atoms with Crippen LogP contribution in [0.15, 0.2) is 24.3 Å². The van der Waals surface area contributed by atoms with Crippen LogP contribution in [0.2, 0.25) is 0 Å². The van der Waals surface area contributed by atoms with Crippen LogP contribution < -0.4 is 5.32 Å². The first kappa shape index (κ1) is 18.3. The number of hydrogen-bond acceptors (Lipinski definition) is 2. The summed E-state index contributed by atoms with van der Waals surface area (Å²) in [4.78, 5) is 25.5. The molecule has 2 rings (SSSR count). The highest BCUT2D eigenvalue weighted by atomic mass is 16.4. The van der Waals surface area contributed by atoms with E-state index in [-0.39, 0.29) is 24.0 Å². The molecular formula is C19H28N2O3. The lowest BCUT2D eigenvalue weighted by molar-refractivity contribution is -0.143. The molecule has 1 aliphatic heterocycles. The van der Waals surface area contributed by atoms with Gasteiger partial charge in [-0.05, 0) is 30.7 Å². The summed E-state index contributed by atoms with van der Waals surface area (Å²) < 4.78 is 0. The monoisotopic (exact) mass is 332 g/mol. The molecule has 2 amide bonds. The Bertz CT molecular complexity index is 607. The second-order valence-corrected chi connectivity index (χ2v) is 7.79. The Morgan fingerprint density at radius 3 is 2.62 bits per heavy atom.